The molecule has 1 N–H and O–H groups in total. The molecule has 138 valence electrons. The number of carbonyl (C=O) groups excluding carboxylic acids is 2. The highest BCUT2D eigenvalue weighted by atomic mass is 32.2. The van der Waals surface area contributed by atoms with E-state index in [-0.39, 0.29) is 17.6 Å². The van der Waals surface area contributed by atoms with Crippen molar-refractivity contribution in [2.75, 3.05) is 18.1 Å². The van der Waals surface area contributed by atoms with Crippen molar-refractivity contribution in [2.24, 2.45) is 0 Å². The lowest BCUT2D eigenvalue weighted by atomic mass is 9.94. The van der Waals surface area contributed by atoms with E-state index in [0.717, 1.165) is 17.2 Å². The van der Waals surface area contributed by atoms with Crippen LogP contribution in [-0.4, -0.2) is 45.8 Å². The summed E-state index contributed by atoms with van der Waals surface area (Å²) in [5, 5.41) is 10.5. The number of rotatable bonds is 6. The second-order valence-corrected chi connectivity index (χ2v) is 8.38. The number of nitrogens with zero attached hydrogens (tertiary/aromatic N) is 3. The topological polar surface area (TPSA) is 75.2 Å². The first-order chi connectivity index (χ1) is 12.6. The van der Waals surface area contributed by atoms with Crippen LogP contribution in [0.2, 0.25) is 0 Å². The maximum atomic E-state index is 12.6. The second-order valence-electron chi connectivity index (χ2n) is 6.33. The first kappa shape index (κ1) is 18.8. The summed E-state index contributed by atoms with van der Waals surface area (Å²) in [6, 6.07) is 7.43. The molecule has 1 aliphatic carbocycles. The summed E-state index contributed by atoms with van der Waals surface area (Å²) in [5.41, 5.74) is 2.98. The molecule has 3 rings (SSSR count). The van der Waals surface area contributed by atoms with Crippen LogP contribution in [0.15, 0.2) is 34.1 Å². The molecule has 0 radical (unpaired) electrons. The minimum Gasteiger partial charge on any atom is -0.339 e. The van der Waals surface area contributed by atoms with Gasteiger partial charge >= 0.3 is 0 Å². The Morgan fingerprint density at radius 1 is 1.23 bits per heavy atom. The molecule has 1 fully saturated rings. The third-order valence-electron chi connectivity index (χ3n) is 4.53. The summed E-state index contributed by atoms with van der Waals surface area (Å²) in [6.07, 6.45) is 5.83. The fraction of sp³-hybridized carbons (Fsp3) is 0.444. The molecule has 0 spiro atoms. The van der Waals surface area contributed by atoms with E-state index in [9.17, 15) is 9.59 Å². The Morgan fingerprint density at radius 2 is 1.96 bits per heavy atom. The highest BCUT2D eigenvalue weighted by Gasteiger charge is 2.22. The van der Waals surface area contributed by atoms with Crippen LogP contribution in [0.25, 0.3) is 0 Å². The van der Waals surface area contributed by atoms with Gasteiger partial charge in [-0.25, -0.2) is 0 Å². The zero-order valence-electron chi connectivity index (χ0n) is 14.7. The van der Waals surface area contributed by atoms with Gasteiger partial charge in [0.15, 0.2) is 4.34 Å². The highest BCUT2D eigenvalue weighted by Crippen LogP contribution is 2.23. The molecule has 0 aliphatic heterocycles. The summed E-state index contributed by atoms with van der Waals surface area (Å²) in [4.78, 5) is 26.5. The predicted octanol–water partition coefficient (Wildman–Crippen LogP) is 3.67. The number of hydrogen-bond acceptors (Lipinski definition) is 6. The molecule has 1 heterocycles. The van der Waals surface area contributed by atoms with E-state index in [0.29, 0.717) is 17.3 Å². The van der Waals surface area contributed by atoms with Gasteiger partial charge in [-0.05, 0) is 37.1 Å². The van der Waals surface area contributed by atoms with Crippen LogP contribution in [0.1, 0.15) is 42.5 Å². The monoisotopic (exact) mass is 390 g/mol. The van der Waals surface area contributed by atoms with Gasteiger partial charge in [0, 0.05) is 24.3 Å². The molecule has 2 aromatic rings. The van der Waals surface area contributed by atoms with E-state index in [4.69, 9.17) is 0 Å². The number of carbonyl (C=O) groups is 2. The quantitative estimate of drug-likeness (QED) is 0.762. The maximum Gasteiger partial charge on any atom is 0.253 e. The van der Waals surface area contributed by atoms with Crippen LogP contribution in [0.5, 0.6) is 0 Å². The summed E-state index contributed by atoms with van der Waals surface area (Å²) >= 11 is 2.76. The zero-order chi connectivity index (χ0) is 18.4. The number of amides is 2. The van der Waals surface area contributed by atoms with Crippen LogP contribution in [-0.2, 0) is 4.79 Å². The highest BCUT2D eigenvalue weighted by molar-refractivity contribution is 8.01. The molecule has 0 unspecified atom stereocenters. The van der Waals surface area contributed by atoms with Gasteiger partial charge in [0.05, 0.1) is 5.75 Å². The van der Waals surface area contributed by atoms with Gasteiger partial charge in [-0.15, -0.1) is 10.2 Å². The van der Waals surface area contributed by atoms with Gasteiger partial charge in [-0.2, -0.15) is 0 Å². The van der Waals surface area contributed by atoms with Crippen molar-refractivity contribution in [1.82, 2.24) is 15.1 Å². The van der Waals surface area contributed by atoms with Crippen molar-refractivity contribution in [1.29, 1.82) is 0 Å². The molecule has 1 aromatic carbocycles. The smallest absolute Gasteiger partial charge is 0.253 e. The first-order valence-corrected chi connectivity index (χ1v) is 10.6. The number of aromatic nitrogens is 2. The van der Waals surface area contributed by atoms with Gasteiger partial charge in [0.25, 0.3) is 5.91 Å². The third kappa shape index (κ3) is 5.04. The third-order valence-corrected chi connectivity index (χ3v) is 6.39. The van der Waals surface area contributed by atoms with E-state index >= 15 is 0 Å². The lowest BCUT2D eigenvalue weighted by Gasteiger charge is -2.31. The molecule has 6 nitrogen and oxygen atoms in total. The van der Waals surface area contributed by atoms with E-state index < -0.39 is 0 Å². The van der Waals surface area contributed by atoms with Crippen molar-refractivity contribution >= 4 is 40.6 Å². The SMILES string of the molecule is CN(C(=O)c1ccc(NC(=O)CSc2nncs2)cc1)C1CCCCC1. The van der Waals surface area contributed by atoms with E-state index in [1.165, 1.54) is 42.4 Å². The van der Waals surface area contributed by atoms with E-state index in [2.05, 4.69) is 15.5 Å². The molecule has 0 bridgehead atoms. The number of anilines is 1. The molecule has 8 heteroatoms. The Morgan fingerprint density at radius 3 is 2.62 bits per heavy atom. The fourth-order valence-electron chi connectivity index (χ4n) is 3.08. The molecule has 1 aromatic heterocycles. The lowest BCUT2D eigenvalue weighted by Crippen LogP contribution is -2.38. The predicted molar refractivity (Wildman–Crippen MR) is 105 cm³/mol. The van der Waals surface area contributed by atoms with Gasteiger partial charge in [0.1, 0.15) is 5.51 Å². The average Bonchev–Trinajstić information content (AvgIpc) is 3.20. The number of benzene rings is 1. The summed E-state index contributed by atoms with van der Waals surface area (Å²) in [5.74, 6) is 0.213. The molecule has 0 saturated heterocycles. The van der Waals surface area contributed by atoms with Crippen LogP contribution >= 0.6 is 23.1 Å². The minimum atomic E-state index is -0.108. The van der Waals surface area contributed by atoms with Crippen LogP contribution in [0.3, 0.4) is 0 Å². The lowest BCUT2D eigenvalue weighted by molar-refractivity contribution is -0.113. The van der Waals surface area contributed by atoms with Crippen LogP contribution in [0.4, 0.5) is 5.69 Å². The average molecular weight is 391 g/mol. The molecule has 26 heavy (non-hydrogen) atoms. The first-order valence-electron chi connectivity index (χ1n) is 8.69. The number of nitrogens with one attached hydrogen (secondary N) is 1. The molecular weight excluding hydrogens is 368 g/mol. The minimum absolute atomic E-state index is 0.0431. The van der Waals surface area contributed by atoms with Crippen molar-refractivity contribution in [3.05, 3.63) is 35.3 Å². The van der Waals surface area contributed by atoms with Crippen molar-refractivity contribution in [3.8, 4) is 0 Å². The van der Waals surface area contributed by atoms with Gasteiger partial charge < -0.3 is 10.2 Å². The Balaban J connectivity index is 1.52. The van der Waals surface area contributed by atoms with Gasteiger partial charge in [-0.1, -0.05) is 42.4 Å². The largest absolute Gasteiger partial charge is 0.339 e. The molecule has 1 aliphatic rings. The summed E-state index contributed by atoms with van der Waals surface area (Å²) in [6.45, 7) is 0. The number of hydrogen-bond donors (Lipinski definition) is 1. The van der Waals surface area contributed by atoms with Crippen LogP contribution in [0, 0.1) is 0 Å². The summed E-state index contributed by atoms with van der Waals surface area (Å²) < 4.78 is 0.770. The molecule has 0 atom stereocenters. The summed E-state index contributed by atoms with van der Waals surface area (Å²) in [7, 11) is 1.89. The van der Waals surface area contributed by atoms with E-state index in [1.54, 1.807) is 29.8 Å². The number of thioether (sulfide) groups is 1. The Labute approximate surface area is 161 Å². The van der Waals surface area contributed by atoms with Crippen molar-refractivity contribution in [3.63, 3.8) is 0 Å². The second kappa shape index (κ2) is 9.14. The standard InChI is InChI=1S/C18H22N4O2S2/c1-22(15-5-3-2-4-6-15)17(24)13-7-9-14(10-8-13)20-16(23)11-25-18-21-19-12-26-18/h7-10,12,15H,2-6,11H2,1H3,(H,20,23). The fourth-order valence-corrected chi connectivity index (χ4v) is 4.37. The molecular formula is C18H22N4O2S2. The van der Waals surface area contributed by atoms with Gasteiger partial charge in [0.2, 0.25) is 5.91 Å². The van der Waals surface area contributed by atoms with Crippen molar-refractivity contribution < 1.29 is 9.59 Å². The van der Waals surface area contributed by atoms with E-state index in [1.807, 2.05) is 11.9 Å². The Kier molecular flexibility index (Phi) is 6.62. The van der Waals surface area contributed by atoms with Gasteiger partial charge in [-0.3, -0.25) is 9.59 Å². The molecule has 1 saturated carbocycles. The Bertz CT molecular complexity index is 728. The maximum absolute atomic E-state index is 12.6. The molecule has 2 amide bonds. The zero-order valence-corrected chi connectivity index (χ0v) is 16.3. The van der Waals surface area contributed by atoms with Crippen molar-refractivity contribution in [2.45, 2.75) is 42.5 Å². The van der Waals surface area contributed by atoms with Crippen LogP contribution < -0.4 is 5.32 Å². The Hall–Kier alpha value is -1.93. The normalized spacial score (nSPS) is 14.8.